The Labute approximate surface area is 123 Å². The van der Waals surface area contributed by atoms with Gasteiger partial charge >= 0.3 is 0 Å². The van der Waals surface area contributed by atoms with Crippen LogP contribution in [0.15, 0.2) is 0 Å². The maximum absolute atomic E-state index is 12.1. The highest BCUT2D eigenvalue weighted by atomic mass is 16.2. The van der Waals surface area contributed by atoms with Crippen molar-refractivity contribution < 1.29 is 9.59 Å². The molecule has 1 aliphatic rings. The molecule has 1 aliphatic carbocycles. The first-order valence-corrected chi connectivity index (χ1v) is 7.95. The summed E-state index contributed by atoms with van der Waals surface area (Å²) in [7, 11) is 0. The van der Waals surface area contributed by atoms with Crippen molar-refractivity contribution >= 4 is 11.8 Å². The van der Waals surface area contributed by atoms with Crippen molar-refractivity contribution in [2.45, 2.75) is 53.4 Å². The van der Waals surface area contributed by atoms with Crippen molar-refractivity contribution in [2.24, 2.45) is 23.7 Å². The van der Waals surface area contributed by atoms with Crippen LogP contribution in [0.1, 0.15) is 53.4 Å². The summed E-state index contributed by atoms with van der Waals surface area (Å²) >= 11 is 0. The van der Waals surface area contributed by atoms with Gasteiger partial charge in [0.25, 0.3) is 0 Å². The first-order valence-electron chi connectivity index (χ1n) is 7.95. The zero-order chi connectivity index (χ0) is 15.1. The van der Waals surface area contributed by atoms with E-state index in [0.717, 1.165) is 32.4 Å². The van der Waals surface area contributed by atoms with Gasteiger partial charge in [-0.05, 0) is 31.1 Å². The summed E-state index contributed by atoms with van der Waals surface area (Å²) in [4.78, 5) is 24.2. The normalized spacial score (nSPS) is 22.9. The van der Waals surface area contributed by atoms with Gasteiger partial charge in [-0.3, -0.25) is 9.59 Å². The van der Waals surface area contributed by atoms with Crippen molar-refractivity contribution in [3.63, 3.8) is 0 Å². The maximum Gasteiger partial charge on any atom is 0.223 e. The lowest BCUT2D eigenvalue weighted by molar-refractivity contribution is -0.130. The summed E-state index contributed by atoms with van der Waals surface area (Å²) in [6.45, 7) is 9.79. The van der Waals surface area contributed by atoms with Gasteiger partial charge in [0.15, 0.2) is 0 Å². The van der Waals surface area contributed by atoms with Crippen molar-refractivity contribution in [2.75, 3.05) is 13.1 Å². The van der Waals surface area contributed by atoms with E-state index in [1.165, 1.54) is 0 Å². The molecule has 2 N–H and O–H groups in total. The Morgan fingerprint density at radius 2 is 1.30 bits per heavy atom. The van der Waals surface area contributed by atoms with Gasteiger partial charge in [0.2, 0.25) is 11.8 Å². The molecule has 0 spiro atoms. The molecule has 0 saturated heterocycles. The molecule has 0 unspecified atom stereocenters. The first-order chi connectivity index (χ1) is 9.40. The van der Waals surface area contributed by atoms with Gasteiger partial charge in [0.1, 0.15) is 0 Å². The van der Waals surface area contributed by atoms with Crippen LogP contribution in [-0.2, 0) is 9.59 Å². The quantitative estimate of drug-likeness (QED) is 0.785. The van der Waals surface area contributed by atoms with E-state index in [1.54, 1.807) is 0 Å². The van der Waals surface area contributed by atoms with Crippen LogP contribution in [0, 0.1) is 23.7 Å². The lowest BCUT2D eigenvalue weighted by Gasteiger charge is -2.28. The Balaban J connectivity index is 2.41. The van der Waals surface area contributed by atoms with Crippen molar-refractivity contribution in [1.29, 1.82) is 0 Å². The fraction of sp³-hybridized carbons (Fsp3) is 0.875. The Bertz CT molecular complexity index is 296. The topological polar surface area (TPSA) is 58.2 Å². The Morgan fingerprint density at radius 1 is 0.900 bits per heavy atom. The summed E-state index contributed by atoms with van der Waals surface area (Å²) in [5.74, 6) is 1.20. The minimum atomic E-state index is 0.0114. The zero-order valence-electron chi connectivity index (χ0n) is 13.4. The molecule has 0 aromatic carbocycles. The summed E-state index contributed by atoms with van der Waals surface area (Å²) in [5.41, 5.74) is 0. The highest BCUT2D eigenvalue weighted by Gasteiger charge is 2.30. The fourth-order valence-electron chi connectivity index (χ4n) is 2.56. The van der Waals surface area contributed by atoms with Gasteiger partial charge in [-0.15, -0.1) is 0 Å². The zero-order valence-corrected chi connectivity index (χ0v) is 13.4. The molecule has 2 atom stereocenters. The number of amides is 2. The minimum absolute atomic E-state index is 0.0114. The molecule has 0 aromatic heterocycles. The molecular formula is C16H30N2O2. The van der Waals surface area contributed by atoms with Crippen LogP contribution >= 0.6 is 0 Å². The molecule has 0 heterocycles. The molecular weight excluding hydrogens is 252 g/mol. The average molecular weight is 282 g/mol. The summed E-state index contributed by atoms with van der Waals surface area (Å²) in [5, 5.41) is 5.98. The molecule has 1 fully saturated rings. The molecule has 0 bridgehead atoms. The number of carbonyl (C=O) groups excluding carboxylic acids is 2. The van der Waals surface area contributed by atoms with Gasteiger partial charge in [-0.2, -0.15) is 0 Å². The second-order valence-electron chi connectivity index (χ2n) is 6.84. The molecule has 1 saturated carbocycles. The molecule has 20 heavy (non-hydrogen) atoms. The van der Waals surface area contributed by atoms with Gasteiger partial charge in [0.05, 0.1) is 0 Å². The van der Waals surface area contributed by atoms with Crippen LogP contribution in [0.3, 0.4) is 0 Å². The molecule has 0 aromatic rings. The predicted molar refractivity (Wildman–Crippen MR) is 81.1 cm³/mol. The number of hydrogen-bond acceptors (Lipinski definition) is 2. The molecule has 0 radical (unpaired) electrons. The largest absolute Gasteiger partial charge is 0.356 e. The van der Waals surface area contributed by atoms with Gasteiger partial charge in [-0.25, -0.2) is 0 Å². The fourth-order valence-corrected chi connectivity index (χ4v) is 2.56. The van der Waals surface area contributed by atoms with Crippen molar-refractivity contribution in [3.8, 4) is 0 Å². The number of nitrogens with one attached hydrogen (secondary N) is 2. The molecule has 4 nitrogen and oxygen atoms in total. The Morgan fingerprint density at radius 3 is 1.65 bits per heavy atom. The summed E-state index contributed by atoms with van der Waals surface area (Å²) in [6.07, 6.45) is 3.50. The Hall–Kier alpha value is -1.06. The highest BCUT2D eigenvalue weighted by molar-refractivity contribution is 5.82. The van der Waals surface area contributed by atoms with Gasteiger partial charge < -0.3 is 10.6 Å². The number of rotatable bonds is 6. The monoisotopic (exact) mass is 282 g/mol. The van der Waals surface area contributed by atoms with Crippen LogP contribution < -0.4 is 10.6 Å². The second-order valence-corrected chi connectivity index (χ2v) is 6.84. The molecule has 0 aliphatic heterocycles. The standard InChI is InChI=1S/C16H30N2O2/c1-11(2)9-17-15(19)13-6-5-7-14(8-13)16(20)18-10-12(3)4/h11-14H,5-10H2,1-4H3,(H,17,19)(H,18,20)/t13-,14+. The lowest BCUT2D eigenvalue weighted by atomic mass is 9.80. The van der Waals surface area contributed by atoms with Crippen LogP contribution in [0.4, 0.5) is 0 Å². The van der Waals surface area contributed by atoms with Crippen molar-refractivity contribution in [3.05, 3.63) is 0 Å². The molecule has 2 amide bonds. The van der Waals surface area contributed by atoms with E-state index in [2.05, 4.69) is 38.3 Å². The maximum atomic E-state index is 12.1. The highest BCUT2D eigenvalue weighted by Crippen LogP contribution is 2.29. The second kappa shape index (κ2) is 8.28. The SMILES string of the molecule is CC(C)CNC(=O)[C@@H]1CCC[C@H](C(=O)NCC(C)C)C1. The van der Waals surface area contributed by atoms with Crippen LogP contribution in [0.2, 0.25) is 0 Å². The average Bonchev–Trinajstić information content (AvgIpc) is 2.42. The molecule has 1 rings (SSSR count). The minimum Gasteiger partial charge on any atom is -0.356 e. The lowest BCUT2D eigenvalue weighted by Crippen LogP contribution is -2.40. The summed E-state index contributed by atoms with van der Waals surface area (Å²) < 4.78 is 0. The van der Waals surface area contributed by atoms with E-state index < -0.39 is 0 Å². The van der Waals surface area contributed by atoms with Crippen LogP contribution in [0.5, 0.6) is 0 Å². The number of hydrogen-bond donors (Lipinski definition) is 2. The van der Waals surface area contributed by atoms with Crippen LogP contribution in [-0.4, -0.2) is 24.9 Å². The van der Waals surface area contributed by atoms with Crippen LogP contribution in [0.25, 0.3) is 0 Å². The van der Waals surface area contributed by atoms with E-state index in [4.69, 9.17) is 0 Å². The molecule has 116 valence electrons. The summed E-state index contributed by atoms with van der Waals surface area (Å²) in [6, 6.07) is 0. The smallest absolute Gasteiger partial charge is 0.223 e. The van der Waals surface area contributed by atoms with Gasteiger partial charge in [0, 0.05) is 24.9 Å². The third-order valence-electron chi connectivity index (χ3n) is 3.78. The molecule has 4 heteroatoms. The van der Waals surface area contributed by atoms with E-state index in [-0.39, 0.29) is 23.7 Å². The first kappa shape index (κ1) is 17.0. The van der Waals surface area contributed by atoms with E-state index >= 15 is 0 Å². The van der Waals surface area contributed by atoms with E-state index in [1.807, 2.05) is 0 Å². The number of carbonyl (C=O) groups is 2. The predicted octanol–water partition coefficient (Wildman–Crippen LogP) is 2.34. The van der Waals surface area contributed by atoms with Crippen molar-refractivity contribution in [1.82, 2.24) is 10.6 Å². The Kier molecular flexibility index (Phi) is 7.03. The van der Waals surface area contributed by atoms with E-state index in [9.17, 15) is 9.59 Å². The van der Waals surface area contributed by atoms with E-state index in [0.29, 0.717) is 18.3 Å². The third-order valence-corrected chi connectivity index (χ3v) is 3.78. The van der Waals surface area contributed by atoms with Gasteiger partial charge in [-0.1, -0.05) is 34.1 Å². The third kappa shape index (κ3) is 5.93.